The second-order valence-electron chi connectivity index (χ2n) is 4.07. The zero-order chi connectivity index (χ0) is 18.3. The molecule has 0 saturated heterocycles. The first-order valence-electron chi connectivity index (χ1n) is 6.93. The molecule has 0 amide bonds. The van der Waals surface area contributed by atoms with Gasteiger partial charge in [-0.1, -0.05) is 0 Å². The Kier molecular flexibility index (Phi) is 18.7. The fourth-order valence-corrected chi connectivity index (χ4v) is 0.758. The maximum Gasteiger partial charge on any atom is 0.124 e. The van der Waals surface area contributed by atoms with E-state index in [-0.39, 0.29) is 0 Å². The minimum Gasteiger partial charge on any atom is -0.547 e. The molecular formula is C12H28N2O8. The average molecular weight is 328 g/mol. The Bertz CT molecular complexity index is 254. The van der Waals surface area contributed by atoms with Gasteiger partial charge in [0.15, 0.2) is 0 Å². The number of carbonyl (C=O) groups excluding carboxylic acids is 2. The number of carboxylic acids is 2. The van der Waals surface area contributed by atoms with Gasteiger partial charge >= 0.3 is 0 Å². The summed E-state index contributed by atoms with van der Waals surface area (Å²) in [4.78, 5) is 19.3. The van der Waals surface area contributed by atoms with Gasteiger partial charge in [0.05, 0.1) is 11.9 Å². The van der Waals surface area contributed by atoms with Gasteiger partial charge in [0.25, 0.3) is 0 Å². The summed E-state index contributed by atoms with van der Waals surface area (Å²) in [5.74, 6) is -4.12. The molecule has 0 aliphatic heterocycles. The van der Waals surface area contributed by atoms with Crippen LogP contribution in [0.3, 0.4) is 0 Å². The Morgan fingerprint density at radius 2 is 0.955 bits per heavy atom. The molecule has 0 rings (SSSR count). The van der Waals surface area contributed by atoms with Crippen molar-refractivity contribution in [3.8, 4) is 0 Å². The van der Waals surface area contributed by atoms with Crippen LogP contribution in [0.25, 0.3) is 0 Å². The largest absolute Gasteiger partial charge is 0.547 e. The smallest absolute Gasteiger partial charge is 0.124 e. The minimum absolute atomic E-state index is 0.593. The molecule has 0 heterocycles. The first-order chi connectivity index (χ1) is 10.1. The van der Waals surface area contributed by atoms with Crippen LogP contribution in [0.15, 0.2) is 0 Å². The van der Waals surface area contributed by atoms with Gasteiger partial charge in [-0.2, -0.15) is 10.1 Å². The third kappa shape index (κ3) is 16.8. The zero-order valence-electron chi connectivity index (χ0n) is 13.4. The number of hydrogen-bond donors (Lipinski definition) is 6. The van der Waals surface area contributed by atoms with Crippen LogP contribution in [-0.4, -0.2) is 71.0 Å². The van der Waals surface area contributed by atoms with Crippen molar-refractivity contribution in [2.75, 3.05) is 26.2 Å². The predicted octanol–water partition coefficient (Wildman–Crippen LogP) is -6.19. The quantitative estimate of drug-likeness (QED) is 0.251. The second kappa shape index (κ2) is 16.1. The maximum atomic E-state index is 9.63. The SMILES string of the molecule is CC[NH+](O)CC.CC[NH+](O)CC.O=C([O-])C(O)C(O)C(=O)[O-]. The van der Waals surface area contributed by atoms with Gasteiger partial charge in [-0.3, -0.25) is 0 Å². The fourth-order valence-electron chi connectivity index (χ4n) is 0.758. The van der Waals surface area contributed by atoms with E-state index in [1.54, 1.807) is 0 Å². The van der Waals surface area contributed by atoms with E-state index in [9.17, 15) is 19.8 Å². The summed E-state index contributed by atoms with van der Waals surface area (Å²) in [6.45, 7) is 11.0. The average Bonchev–Trinajstić information content (AvgIpc) is 2.52. The van der Waals surface area contributed by atoms with Gasteiger partial charge in [-0.05, 0) is 27.7 Å². The van der Waals surface area contributed by atoms with E-state index in [1.165, 1.54) is 0 Å². The molecule has 0 bridgehead atoms. The molecule has 22 heavy (non-hydrogen) atoms. The number of aliphatic carboxylic acids is 2. The summed E-state index contributed by atoms with van der Waals surface area (Å²) in [7, 11) is 0. The van der Waals surface area contributed by atoms with Gasteiger partial charge in [-0.15, -0.1) is 0 Å². The van der Waals surface area contributed by atoms with Crippen molar-refractivity contribution in [1.82, 2.24) is 0 Å². The van der Waals surface area contributed by atoms with Crippen LogP contribution in [0.2, 0.25) is 0 Å². The number of carbonyl (C=O) groups is 2. The van der Waals surface area contributed by atoms with Crippen LogP contribution in [0, 0.1) is 0 Å². The number of hydroxylamine groups is 4. The summed E-state index contributed by atoms with van der Waals surface area (Å²) in [6.07, 6.45) is -4.88. The van der Waals surface area contributed by atoms with E-state index in [0.29, 0.717) is 10.1 Å². The van der Waals surface area contributed by atoms with Gasteiger partial charge in [0.2, 0.25) is 0 Å². The molecule has 2 atom stereocenters. The second-order valence-corrected chi connectivity index (χ2v) is 4.07. The van der Waals surface area contributed by atoms with Crippen molar-refractivity contribution in [3.05, 3.63) is 0 Å². The number of nitrogens with one attached hydrogen (secondary N) is 2. The Morgan fingerprint density at radius 1 is 0.773 bits per heavy atom. The van der Waals surface area contributed by atoms with Gasteiger partial charge in [-0.25, -0.2) is 10.4 Å². The van der Waals surface area contributed by atoms with Crippen molar-refractivity contribution in [3.63, 3.8) is 0 Å². The molecule has 0 aromatic heterocycles. The lowest BCUT2D eigenvalue weighted by Crippen LogP contribution is -3.08. The lowest BCUT2D eigenvalue weighted by molar-refractivity contribution is -1.08. The molecule has 6 N–H and O–H groups in total. The lowest BCUT2D eigenvalue weighted by atomic mass is 10.2. The molecule has 0 aromatic carbocycles. The molecule has 10 heteroatoms. The van der Waals surface area contributed by atoms with Crippen LogP contribution < -0.4 is 20.3 Å². The summed E-state index contributed by atoms with van der Waals surface area (Å²) in [5, 5.41) is 54.1. The van der Waals surface area contributed by atoms with Crippen LogP contribution in [0.5, 0.6) is 0 Å². The normalized spacial score (nSPS) is 12.6. The lowest BCUT2D eigenvalue weighted by Gasteiger charge is -2.18. The molecule has 0 aliphatic carbocycles. The molecular weight excluding hydrogens is 300 g/mol. The summed E-state index contributed by atoms with van der Waals surface area (Å²) in [6, 6.07) is 0. The molecule has 2 unspecified atom stereocenters. The number of carboxylic acid groups (broad SMARTS) is 2. The number of hydrogen-bond acceptors (Lipinski definition) is 8. The van der Waals surface area contributed by atoms with Gasteiger partial charge in [0, 0.05) is 0 Å². The Balaban J connectivity index is -0.000000261. The first-order valence-corrected chi connectivity index (χ1v) is 6.93. The van der Waals surface area contributed by atoms with E-state index in [2.05, 4.69) is 0 Å². The Morgan fingerprint density at radius 3 is 1.00 bits per heavy atom. The highest BCUT2D eigenvalue weighted by Gasteiger charge is 2.17. The van der Waals surface area contributed by atoms with E-state index < -0.39 is 24.1 Å². The standard InChI is InChI=1S/2C4H11NO.C4H6O6/c2*1-3-5(6)4-2;5-1(3(7)8)2(6)4(9)10/h2*6H,3-4H2,1-2H3;1-2,5-6H,(H,7,8)(H,9,10). The van der Waals surface area contributed by atoms with Crippen LogP contribution in [0.4, 0.5) is 0 Å². The molecule has 0 fully saturated rings. The van der Waals surface area contributed by atoms with Crippen molar-refractivity contribution in [1.29, 1.82) is 0 Å². The molecule has 0 radical (unpaired) electrons. The molecule has 0 spiro atoms. The summed E-state index contributed by atoms with van der Waals surface area (Å²) < 4.78 is 0. The van der Waals surface area contributed by atoms with E-state index in [0.717, 1.165) is 26.2 Å². The third-order valence-corrected chi connectivity index (χ3v) is 2.41. The van der Waals surface area contributed by atoms with E-state index in [4.69, 9.17) is 20.6 Å². The van der Waals surface area contributed by atoms with Crippen molar-refractivity contribution < 1.29 is 50.6 Å². The Labute approximate surface area is 129 Å². The van der Waals surface area contributed by atoms with Gasteiger partial charge < -0.3 is 30.0 Å². The van der Waals surface area contributed by atoms with Crippen molar-refractivity contribution in [2.45, 2.75) is 39.9 Å². The predicted molar refractivity (Wildman–Crippen MR) is 69.7 cm³/mol. The highest BCUT2D eigenvalue weighted by Crippen LogP contribution is 1.88. The minimum atomic E-state index is -2.44. The monoisotopic (exact) mass is 328 g/mol. The number of rotatable bonds is 7. The Hall–Kier alpha value is -1.30. The topological polar surface area (TPSA) is 170 Å². The maximum absolute atomic E-state index is 9.63. The third-order valence-electron chi connectivity index (χ3n) is 2.41. The highest BCUT2D eigenvalue weighted by atomic mass is 16.5. The molecule has 10 nitrogen and oxygen atoms in total. The fraction of sp³-hybridized carbons (Fsp3) is 0.833. The van der Waals surface area contributed by atoms with Crippen LogP contribution in [0.1, 0.15) is 27.7 Å². The summed E-state index contributed by atoms with van der Waals surface area (Å²) >= 11 is 0. The molecule has 0 aliphatic rings. The van der Waals surface area contributed by atoms with Gasteiger partial charge in [0.1, 0.15) is 38.4 Å². The first kappa shape index (κ1) is 25.6. The number of aliphatic hydroxyl groups excluding tert-OH is 2. The van der Waals surface area contributed by atoms with E-state index in [1.807, 2.05) is 27.7 Å². The highest BCUT2D eigenvalue weighted by molar-refractivity contribution is 5.80. The molecule has 0 aromatic rings. The van der Waals surface area contributed by atoms with Crippen LogP contribution >= 0.6 is 0 Å². The van der Waals surface area contributed by atoms with Crippen LogP contribution in [-0.2, 0) is 9.59 Å². The molecule has 0 saturated carbocycles. The van der Waals surface area contributed by atoms with Crippen molar-refractivity contribution in [2.24, 2.45) is 0 Å². The number of aliphatic hydroxyl groups is 2. The van der Waals surface area contributed by atoms with E-state index >= 15 is 0 Å². The van der Waals surface area contributed by atoms with Crippen molar-refractivity contribution >= 4 is 11.9 Å². The zero-order valence-corrected chi connectivity index (χ0v) is 13.4. The molecule has 134 valence electrons. The number of quaternary nitrogens is 2. The summed E-state index contributed by atoms with van der Waals surface area (Å²) in [5.41, 5.74) is 0.